The average Bonchev–Trinajstić information content (AvgIpc) is 2.47. The molecule has 1 aliphatic heterocycles. The third-order valence-electron chi connectivity index (χ3n) is 3.32. The molecule has 17 heavy (non-hydrogen) atoms. The molecule has 0 radical (unpaired) electrons. The summed E-state index contributed by atoms with van der Waals surface area (Å²) in [5.74, 6) is 0. The molecule has 0 amide bonds. The monoisotopic (exact) mass is 311 g/mol. The van der Waals surface area contributed by atoms with Crippen LogP contribution in [0.15, 0.2) is 30.3 Å². The van der Waals surface area contributed by atoms with Gasteiger partial charge in [0.2, 0.25) is 0 Å². The van der Waals surface area contributed by atoms with Gasteiger partial charge >= 0.3 is 0 Å². The Morgan fingerprint density at radius 3 is 2.18 bits per heavy atom. The van der Waals surface area contributed by atoms with Crippen molar-refractivity contribution in [2.24, 2.45) is 0 Å². The molecule has 2 aromatic carbocycles. The molecule has 2 aromatic rings. The summed E-state index contributed by atoms with van der Waals surface area (Å²) in [7, 11) is 4.55. The predicted octanol–water partition coefficient (Wildman–Crippen LogP) is 0.587. The lowest BCUT2D eigenvalue weighted by Crippen LogP contribution is -3.00. The van der Waals surface area contributed by atoms with Crippen molar-refractivity contribution in [2.75, 3.05) is 14.1 Å². The molecule has 0 aliphatic carbocycles. The average molecular weight is 313 g/mol. The summed E-state index contributed by atoms with van der Waals surface area (Å²) in [4.78, 5) is 0. The van der Waals surface area contributed by atoms with Crippen molar-refractivity contribution in [1.82, 2.24) is 0 Å². The van der Waals surface area contributed by atoms with Gasteiger partial charge in [-0.2, -0.15) is 0 Å². The van der Waals surface area contributed by atoms with E-state index in [0.717, 1.165) is 22.6 Å². The lowest BCUT2D eigenvalue weighted by Gasteiger charge is -2.22. The van der Waals surface area contributed by atoms with E-state index in [0.29, 0.717) is 0 Å². The van der Waals surface area contributed by atoms with Crippen LogP contribution < -0.4 is 17.0 Å². The molecule has 3 heteroatoms. The highest BCUT2D eigenvalue weighted by Crippen LogP contribution is 2.31. The van der Waals surface area contributed by atoms with Gasteiger partial charge in [0.1, 0.15) is 13.1 Å². The lowest BCUT2D eigenvalue weighted by atomic mass is 10.0. The zero-order valence-corrected chi connectivity index (χ0v) is 12.3. The van der Waals surface area contributed by atoms with E-state index in [1.165, 1.54) is 21.9 Å². The van der Waals surface area contributed by atoms with E-state index >= 15 is 0 Å². The first-order chi connectivity index (χ1) is 7.53. The van der Waals surface area contributed by atoms with Crippen LogP contribution >= 0.6 is 11.6 Å². The largest absolute Gasteiger partial charge is 1.00 e. The van der Waals surface area contributed by atoms with Crippen molar-refractivity contribution in [2.45, 2.75) is 13.1 Å². The smallest absolute Gasteiger partial charge is 0.105 e. The first-order valence-electron chi connectivity index (χ1n) is 5.57. The van der Waals surface area contributed by atoms with Crippen LogP contribution in [-0.2, 0) is 13.1 Å². The molecule has 0 atom stereocenters. The Kier molecular flexibility index (Phi) is 3.23. The standard InChI is InChI=1S/C14H15ClN.BrH/c1-16(2)8-12-5-10-3-4-14(15)7-11(10)6-13(12)9-16;/h3-7H,8-9H2,1-2H3;1H/q+1;/p-1. The molecule has 0 saturated heterocycles. The molecule has 90 valence electrons. The van der Waals surface area contributed by atoms with Crippen LogP contribution in [0.4, 0.5) is 0 Å². The molecule has 1 nitrogen and oxygen atoms in total. The second kappa shape index (κ2) is 4.27. The Labute approximate surface area is 117 Å². The van der Waals surface area contributed by atoms with Crippen molar-refractivity contribution in [1.29, 1.82) is 0 Å². The van der Waals surface area contributed by atoms with Crippen LogP contribution in [0.1, 0.15) is 11.1 Å². The van der Waals surface area contributed by atoms with Gasteiger partial charge in [0, 0.05) is 16.1 Å². The number of benzene rings is 2. The van der Waals surface area contributed by atoms with Crippen molar-refractivity contribution >= 4 is 22.4 Å². The van der Waals surface area contributed by atoms with E-state index in [1.807, 2.05) is 6.07 Å². The first-order valence-corrected chi connectivity index (χ1v) is 5.94. The van der Waals surface area contributed by atoms with E-state index in [9.17, 15) is 0 Å². The van der Waals surface area contributed by atoms with Gasteiger partial charge in [0.15, 0.2) is 0 Å². The Bertz CT molecular complexity index is 578. The van der Waals surface area contributed by atoms with E-state index in [4.69, 9.17) is 11.6 Å². The topological polar surface area (TPSA) is 0 Å². The van der Waals surface area contributed by atoms with E-state index in [-0.39, 0.29) is 17.0 Å². The Morgan fingerprint density at radius 2 is 1.53 bits per heavy atom. The fourth-order valence-electron chi connectivity index (χ4n) is 2.64. The number of halogens is 2. The first kappa shape index (κ1) is 12.9. The van der Waals surface area contributed by atoms with Gasteiger partial charge in [0.05, 0.1) is 14.1 Å². The molecule has 0 saturated carbocycles. The number of hydrogen-bond donors (Lipinski definition) is 0. The summed E-state index contributed by atoms with van der Waals surface area (Å²) in [6.45, 7) is 2.26. The van der Waals surface area contributed by atoms with Crippen LogP contribution in [0, 0.1) is 0 Å². The molecule has 1 heterocycles. The molecule has 1 aliphatic rings. The molecule has 0 spiro atoms. The fourth-order valence-corrected chi connectivity index (χ4v) is 2.82. The number of quaternary nitrogens is 1. The molecule has 0 unspecified atom stereocenters. The maximum absolute atomic E-state index is 6.02. The van der Waals surface area contributed by atoms with Crippen LogP contribution in [0.2, 0.25) is 5.02 Å². The summed E-state index contributed by atoms with van der Waals surface area (Å²) in [5, 5.41) is 3.37. The molecule has 0 aromatic heterocycles. The van der Waals surface area contributed by atoms with Crippen LogP contribution in [0.25, 0.3) is 10.8 Å². The minimum atomic E-state index is 0. The molecule has 3 rings (SSSR count). The predicted molar refractivity (Wildman–Crippen MR) is 68.5 cm³/mol. The maximum atomic E-state index is 6.02. The second-order valence-electron chi connectivity index (χ2n) is 5.36. The third kappa shape index (κ3) is 2.35. The summed E-state index contributed by atoms with van der Waals surface area (Å²) >= 11 is 6.02. The summed E-state index contributed by atoms with van der Waals surface area (Å²) in [5.41, 5.74) is 2.96. The Morgan fingerprint density at radius 1 is 0.941 bits per heavy atom. The highest BCUT2D eigenvalue weighted by molar-refractivity contribution is 6.31. The fraction of sp³-hybridized carbons (Fsp3) is 0.286. The van der Waals surface area contributed by atoms with Gasteiger partial charge in [-0.25, -0.2) is 0 Å². The summed E-state index contributed by atoms with van der Waals surface area (Å²) in [6, 6.07) is 10.7. The zero-order chi connectivity index (χ0) is 11.3. The van der Waals surface area contributed by atoms with Gasteiger partial charge in [-0.15, -0.1) is 0 Å². The van der Waals surface area contributed by atoms with Gasteiger partial charge in [-0.1, -0.05) is 17.7 Å². The van der Waals surface area contributed by atoms with Crippen LogP contribution in [0.3, 0.4) is 0 Å². The normalized spacial score (nSPS) is 16.6. The van der Waals surface area contributed by atoms with Crippen molar-refractivity contribution in [3.05, 3.63) is 46.5 Å². The van der Waals surface area contributed by atoms with E-state index < -0.39 is 0 Å². The minimum Gasteiger partial charge on any atom is -1.00 e. The molecule has 0 N–H and O–H groups in total. The van der Waals surface area contributed by atoms with E-state index in [2.05, 4.69) is 38.4 Å². The van der Waals surface area contributed by atoms with Gasteiger partial charge < -0.3 is 21.5 Å². The van der Waals surface area contributed by atoms with Gasteiger partial charge in [0.25, 0.3) is 0 Å². The van der Waals surface area contributed by atoms with Crippen molar-refractivity contribution < 1.29 is 21.5 Å². The zero-order valence-electron chi connectivity index (χ0n) is 10.0. The SMILES string of the molecule is C[N+]1(C)Cc2cc3ccc(Cl)cc3cc2C1.[Br-]. The number of rotatable bonds is 0. The third-order valence-corrected chi connectivity index (χ3v) is 3.55. The molecular formula is C14H15BrClN. The Balaban J connectivity index is 0.00000108. The van der Waals surface area contributed by atoms with Crippen molar-refractivity contribution in [3.63, 3.8) is 0 Å². The number of hydrogen-bond acceptors (Lipinski definition) is 0. The molecule has 0 fully saturated rings. The highest BCUT2D eigenvalue weighted by atomic mass is 79.9. The summed E-state index contributed by atoms with van der Waals surface area (Å²) < 4.78 is 1.05. The van der Waals surface area contributed by atoms with Crippen molar-refractivity contribution in [3.8, 4) is 0 Å². The second-order valence-corrected chi connectivity index (χ2v) is 5.80. The minimum absolute atomic E-state index is 0. The van der Waals surface area contributed by atoms with E-state index in [1.54, 1.807) is 0 Å². The maximum Gasteiger partial charge on any atom is 0.105 e. The van der Waals surface area contributed by atoms with Gasteiger partial charge in [-0.05, 0) is 35.0 Å². The molecule has 0 bridgehead atoms. The van der Waals surface area contributed by atoms with Gasteiger partial charge in [-0.3, -0.25) is 0 Å². The lowest BCUT2D eigenvalue weighted by molar-refractivity contribution is -0.910. The Hall–Kier alpha value is -0.570. The van der Waals surface area contributed by atoms with Crippen LogP contribution in [0.5, 0.6) is 0 Å². The quantitative estimate of drug-likeness (QED) is 0.625. The highest BCUT2D eigenvalue weighted by Gasteiger charge is 2.27. The summed E-state index contributed by atoms with van der Waals surface area (Å²) in [6.07, 6.45) is 0. The number of fused-ring (bicyclic) bond motifs is 2. The number of nitrogens with zero attached hydrogens (tertiary/aromatic N) is 1. The van der Waals surface area contributed by atoms with Crippen LogP contribution in [-0.4, -0.2) is 18.6 Å². The molecular weight excluding hydrogens is 298 g/mol.